The standard InChI is InChI=1S/C24H28N2O/c1-17-6-9-19(10-7-17)23-15-21(20-14-18(2)8-11-22(20)25-23)24(27)16-26-12-4-3-5-13-26/h6-11,14-15,24,27H,3-5,12-13,16H2,1-2H3. The average molecular weight is 361 g/mol. The van der Waals surface area contributed by atoms with Crippen molar-refractivity contribution in [2.75, 3.05) is 19.6 Å². The van der Waals surface area contributed by atoms with Crippen LogP contribution in [0.1, 0.15) is 42.1 Å². The molecule has 0 radical (unpaired) electrons. The highest BCUT2D eigenvalue weighted by Crippen LogP contribution is 2.30. The summed E-state index contributed by atoms with van der Waals surface area (Å²) in [4.78, 5) is 7.27. The Labute approximate surface area is 161 Å². The number of rotatable bonds is 4. The van der Waals surface area contributed by atoms with Crippen LogP contribution >= 0.6 is 0 Å². The van der Waals surface area contributed by atoms with Crippen LogP contribution in [0.5, 0.6) is 0 Å². The number of aromatic nitrogens is 1. The van der Waals surface area contributed by atoms with E-state index in [1.807, 2.05) is 0 Å². The first-order valence-electron chi connectivity index (χ1n) is 9.99. The van der Waals surface area contributed by atoms with Gasteiger partial charge in [-0.3, -0.25) is 0 Å². The van der Waals surface area contributed by atoms with E-state index in [-0.39, 0.29) is 0 Å². The van der Waals surface area contributed by atoms with E-state index in [2.05, 4.69) is 67.3 Å². The van der Waals surface area contributed by atoms with Crippen LogP contribution in [0.2, 0.25) is 0 Å². The number of aliphatic hydroxyl groups excluding tert-OH is 1. The second kappa shape index (κ2) is 7.79. The highest BCUT2D eigenvalue weighted by Gasteiger charge is 2.19. The van der Waals surface area contributed by atoms with Crippen molar-refractivity contribution in [2.45, 2.75) is 39.2 Å². The number of aryl methyl sites for hydroxylation is 2. The van der Waals surface area contributed by atoms with Gasteiger partial charge in [0.05, 0.1) is 17.3 Å². The highest BCUT2D eigenvalue weighted by molar-refractivity contribution is 5.86. The van der Waals surface area contributed by atoms with Gasteiger partial charge in [0.1, 0.15) is 0 Å². The number of hydrogen-bond donors (Lipinski definition) is 1. The summed E-state index contributed by atoms with van der Waals surface area (Å²) in [6.07, 6.45) is 3.27. The van der Waals surface area contributed by atoms with Gasteiger partial charge >= 0.3 is 0 Å². The van der Waals surface area contributed by atoms with E-state index in [0.717, 1.165) is 40.8 Å². The van der Waals surface area contributed by atoms with E-state index in [0.29, 0.717) is 6.54 Å². The van der Waals surface area contributed by atoms with Crippen molar-refractivity contribution in [2.24, 2.45) is 0 Å². The fourth-order valence-electron chi connectivity index (χ4n) is 4.00. The summed E-state index contributed by atoms with van der Waals surface area (Å²) in [7, 11) is 0. The summed E-state index contributed by atoms with van der Waals surface area (Å²) in [5.41, 5.74) is 6.39. The van der Waals surface area contributed by atoms with Gasteiger partial charge in [0.25, 0.3) is 0 Å². The molecule has 3 heteroatoms. The van der Waals surface area contributed by atoms with E-state index in [1.54, 1.807) is 0 Å². The highest BCUT2D eigenvalue weighted by atomic mass is 16.3. The largest absolute Gasteiger partial charge is 0.387 e. The van der Waals surface area contributed by atoms with Crippen LogP contribution in [-0.2, 0) is 0 Å². The Hall–Kier alpha value is -2.23. The average Bonchev–Trinajstić information content (AvgIpc) is 2.68. The number of aliphatic hydroxyl groups is 1. The van der Waals surface area contributed by atoms with Gasteiger partial charge in [-0.2, -0.15) is 0 Å². The number of pyridine rings is 1. The van der Waals surface area contributed by atoms with E-state index < -0.39 is 6.10 Å². The second-order valence-electron chi connectivity index (χ2n) is 7.86. The molecule has 1 aromatic heterocycles. The molecule has 0 bridgehead atoms. The molecule has 1 saturated heterocycles. The van der Waals surface area contributed by atoms with Crippen molar-refractivity contribution in [3.63, 3.8) is 0 Å². The van der Waals surface area contributed by atoms with Crippen molar-refractivity contribution in [3.8, 4) is 11.3 Å². The molecule has 0 amide bonds. The Bertz CT molecular complexity index is 927. The number of hydrogen-bond acceptors (Lipinski definition) is 3. The molecule has 1 fully saturated rings. The topological polar surface area (TPSA) is 36.4 Å². The molecule has 2 aromatic carbocycles. The summed E-state index contributed by atoms with van der Waals surface area (Å²) >= 11 is 0. The zero-order valence-corrected chi connectivity index (χ0v) is 16.3. The Morgan fingerprint density at radius 3 is 2.37 bits per heavy atom. The van der Waals surface area contributed by atoms with Crippen LogP contribution < -0.4 is 0 Å². The Balaban J connectivity index is 1.76. The normalized spacial score (nSPS) is 16.6. The smallest absolute Gasteiger partial charge is 0.0924 e. The number of fused-ring (bicyclic) bond motifs is 1. The maximum Gasteiger partial charge on any atom is 0.0924 e. The predicted octanol–water partition coefficient (Wildman–Crippen LogP) is 5.04. The first-order chi connectivity index (χ1) is 13.1. The first kappa shape index (κ1) is 18.1. The summed E-state index contributed by atoms with van der Waals surface area (Å²) in [5.74, 6) is 0. The quantitative estimate of drug-likeness (QED) is 0.708. The monoisotopic (exact) mass is 360 g/mol. The molecule has 1 unspecified atom stereocenters. The van der Waals surface area contributed by atoms with Gasteiger partial charge in [0, 0.05) is 17.5 Å². The molecule has 27 heavy (non-hydrogen) atoms. The summed E-state index contributed by atoms with van der Waals surface area (Å²) in [6.45, 7) is 7.05. The lowest BCUT2D eigenvalue weighted by Crippen LogP contribution is -2.33. The van der Waals surface area contributed by atoms with E-state index >= 15 is 0 Å². The zero-order chi connectivity index (χ0) is 18.8. The molecule has 1 N–H and O–H groups in total. The first-order valence-corrected chi connectivity index (χ1v) is 9.99. The SMILES string of the molecule is Cc1ccc(-c2cc(C(O)CN3CCCCC3)c3cc(C)ccc3n2)cc1. The number of β-amino-alcohol motifs (C(OH)–C–C–N with tert-alkyl or cyclic N) is 1. The van der Waals surface area contributed by atoms with Gasteiger partial charge in [-0.05, 0) is 63.5 Å². The molecule has 1 aliphatic heterocycles. The van der Waals surface area contributed by atoms with Gasteiger partial charge in [-0.1, -0.05) is 47.9 Å². The minimum absolute atomic E-state index is 0.500. The van der Waals surface area contributed by atoms with Gasteiger partial charge < -0.3 is 10.0 Å². The molecular formula is C24H28N2O. The molecular weight excluding hydrogens is 332 g/mol. The maximum absolute atomic E-state index is 11.1. The van der Waals surface area contributed by atoms with Crippen molar-refractivity contribution in [1.29, 1.82) is 0 Å². The predicted molar refractivity (Wildman–Crippen MR) is 112 cm³/mol. The number of nitrogens with zero attached hydrogens (tertiary/aromatic N) is 2. The molecule has 140 valence electrons. The molecule has 3 aromatic rings. The van der Waals surface area contributed by atoms with Crippen LogP contribution in [0.15, 0.2) is 48.5 Å². The van der Waals surface area contributed by atoms with E-state index in [4.69, 9.17) is 4.98 Å². The number of likely N-dealkylation sites (tertiary alicyclic amines) is 1. The lowest BCUT2D eigenvalue weighted by molar-refractivity contribution is 0.102. The lowest BCUT2D eigenvalue weighted by Gasteiger charge is -2.29. The minimum atomic E-state index is -0.500. The molecule has 1 aliphatic rings. The summed E-state index contributed by atoms with van der Waals surface area (Å²) in [6, 6.07) is 16.8. The van der Waals surface area contributed by atoms with Crippen molar-refractivity contribution in [3.05, 3.63) is 65.2 Å². The fraction of sp³-hybridized carbons (Fsp3) is 0.375. The van der Waals surface area contributed by atoms with Gasteiger partial charge in [-0.15, -0.1) is 0 Å². The molecule has 0 spiro atoms. The second-order valence-corrected chi connectivity index (χ2v) is 7.86. The van der Waals surface area contributed by atoms with Crippen molar-refractivity contribution < 1.29 is 5.11 Å². The number of piperidine rings is 1. The third kappa shape index (κ3) is 4.05. The Kier molecular flexibility index (Phi) is 5.24. The van der Waals surface area contributed by atoms with Crippen LogP contribution in [0.25, 0.3) is 22.2 Å². The van der Waals surface area contributed by atoms with Crippen molar-refractivity contribution >= 4 is 10.9 Å². The van der Waals surface area contributed by atoms with Gasteiger partial charge in [0.15, 0.2) is 0 Å². The zero-order valence-electron chi connectivity index (χ0n) is 16.3. The third-order valence-corrected chi connectivity index (χ3v) is 5.58. The van der Waals surface area contributed by atoms with Crippen LogP contribution in [0, 0.1) is 13.8 Å². The molecule has 3 nitrogen and oxygen atoms in total. The van der Waals surface area contributed by atoms with Crippen LogP contribution in [0.4, 0.5) is 0 Å². The van der Waals surface area contributed by atoms with E-state index in [1.165, 1.54) is 30.4 Å². The third-order valence-electron chi connectivity index (χ3n) is 5.58. The van der Waals surface area contributed by atoms with E-state index in [9.17, 15) is 5.11 Å². The van der Waals surface area contributed by atoms with Crippen molar-refractivity contribution in [1.82, 2.24) is 9.88 Å². The molecule has 0 aliphatic carbocycles. The van der Waals surface area contributed by atoms with Crippen LogP contribution in [0.3, 0.4) is 0 Å². The lowest BCUT2D eigenvalue weighted by atomic mass is 9.98. The maximum atomic E-state index is 11.1. The molecule has 4 rings (SSSR count). The Morgan fingerprint density at radius 1 is 0.926 bits per heavy atom. The Morgan fingerprint density at radius 2 is 1.63 bits per heavy atom. The fourth-order valence-corrected chi connectivity index (χ4v) is 4.00. The van der Waals surface area contributed by atoms with Gasteiger partial charge in [0.2, 0.25) is 0 Å². The summed E-state index contributed by atoms with van der Waals surface area (Å²) in [5, 5.41) is 12.2. The number of benzene rings is 2. The van der Waals surface area contributed by atoms with Gasteiger partial charge in [-0.25, -0.2) is 4.98 Å². The van der Waals surface area contributed by atoms with Crippen LogP contribution in [-0.4, -0.2) is 34.6 Å². The molecule has 2 heterocycles. The summed E-state index contributed by atoms with van der Waals surface area (Å²) < 4.78 is 0. The molecule has 1 atom stereocenters. The minimum Gasteiger partial charge on any atom is -0.387 e. The molecule has 0 saturated carbocycles.